The quantitative estimate of drug-likeness (QED) is 0.642. The fraction of sp³-hybridized carbons (Fsp3) is 0.667. The number of aldehydes is 1. The molecular weight excluding hydrogens is 193 g/mol. The molecule has 0 bridgehead atoms. The van der Waals surface area contributed by atoms with Crippen LogP contribution in [0.15, 0.2) is 0 Å². The second kappa shape index (κ2) is 3.73. The molecule has 0 heterocycles. The van der Waals surface area contributed by atoms with Crippen molar-refractivity contribution >= 4 is 12.3 Å². The first-order valence-electron chi connectivity index (χ1n) is 3.17. The summed E-state index contributed by atoms with van der Waals surface area (Å²) in [4.78, 5) is 19.8. The molecule has 7 heteroatoms. The molecule has 4 nitrogen and oxygen atoms in total. The van der Waals surface area contributed by atoms with E-state index < -0.39 is 30.6 Å². The number of carboxylic acid groups (broad SMARTS) is 1. The van der Waals surface area contributed by atoms with Crippen LogP contribution in [0, 0.1) is 0 Å². The van der Waals surface area contributed by atoms with Crippen molar-refractivity contribution in [2.75, 3.05) is 0 Å². The summed E-state index contributed by atoms with van der Waals surface area (Å²) >= 11 is 0. The zero-order valence-corrected chi connectivity index (χ0v) is 6.34. The first kappa shape index (κ1) is 11.9. The largest absolute Gasteiger partial charge is 0.481 e. The number of carbonyl (C=O) groups is 2. The number of aliphatic hydroxyl groups is 1. The van der Waals surface area contributed by atoms with Crippen LogP contribution in [0.4, 0.5) is 13.2 Å². The molecule has 0 aromatic heterocycles. The Morgan fingerprint density at radius 1 is 1.38 bits per heavy atom. The fourth-order valence-electron chi connectivity index (χ4n) is 0.676. The van der Waals surface area contributed by atoms with Gasteiger partial charge in [0.1, 0.15) is 6.29 Å². The minimum absolute atomic E-state index is 0.170. The van der Waals surface area contributed by atoms with E-state index in [1.165, 1.54) is 0 Å². The smallest absolute Gasteiger partial charge is 0.418 e. The first-order valence-corrected chi connectivity index (χ1v) is 3.17. The summed E-state index contributed by atoms with van der Waals surface area (Å²) in [6.07, 6.45) is -8.10. The third-order valence-electron chi connectivity index (χ3n) is 1.39. The van der Waals surface area contributed by atoms with Gasteiger partial charge < -0.3 is 15.0 Å². The molecule has 0 saturated heterocycles. The average molecular weight is 200 g/mol. The Bertz CT molecular complexity index is 212. The average Bonchev–Trinajstić information content (AvgIpc) is 1.82. The lowest BCUT2D eigenvalue weighted by Gasteiger charge is -2.26. The second-order valence-electron chi connectivity index (χ2n) is 2.47. The highest BCUT2D eigenvalue weighted by Gasteiger charge is 2.54. The molecule has 0 radical (unpaired) electrons. The summed E-state index contributed by atoms with van der Waals surface area (Å²) in [7, 11) is 0. The lowest BCUT2D eigenvalue weighted by atomic mass is 9.96. The Labute approximate surface area is 71.0 Å². The van der Waals surface area contributed by atoms with Crippen LogP contribution in [0.1, 0.15) is 12.8 Å². The molecule has 0 amide bonds. The zero-order chi connectivity index (χ0) is 10.7. The van der Waals surface area contributed by atoms with E-state index in [1.54, 1.807) is 0 Å². The van der Waals surface area contributed by atoms with Gasteiger partial charge in [-0.3, -0.25) is 4.79 Å². The third kappa shape index (κ3) is 3.02. The van der Waals surface area contributed by atoms with Crippen LogP contribution >= 0.6 is 0 Å². The Morgan fingerprint density at radius 3 is 2.08 bits per heavy atom. The predicted molar refractivity (Wildman–Crippen MR) is 33.9 cm³/mol. The van der Waals surface area contributed by atoms with Crippen molar-refractivity contribution in [1.29, 1.82) is 0 Å². The fourth-order valence-corrected chi connectivity index (χ4v) is 0.676. The van der Waals surface area contributed by atoms with Crippen LogP contribution < -0.4 is 0 Å². The maximum Gasteiger partial charge on any atom is 0.418 e. The topological polar surface area (TPSA) is 74.6 Å². The number of hydrogen-bond donors (Lipinski definition) is 2. The summed E-state index contributed by atoms with van der Waals surface area (Å²) in [5.41, 5.74) is -3.46. The van der Waals surface area contributed by atoms with Gasteiger partial charge in [-0.2, -0.15) is 13.2 Å². The monoisotopic (exact) mass is 200 g/mol. The van der Waals surface area contributed by atoms with E-state index in [-0.39, 0.29) is 6.29 Å². The van der Waals surface area contributed by atoms with Crippen molar-refractivity contribution in [2.24, 2.45) is 0 Å². The van der Waals surface area contributed by atoms with Crippen molar-refractivity contribution in [2.45, 2.75) is 24.6 Å². The van der Waals surface area contributed by atoms with Gasteiger partial charge in [-0.15, -0.1) is 0 Å². The molecule has 0 rings (SSSR count). The van der Waals surface area contributed by atoms with Crippen LogP contribution in [0.25, 0.3) is 0 Å². The molecule has 0 saturated carbocycles. The molecule has 2 N–H and O–H groups in total. The maximum absolute atomic E-state index is 12.0. The highest BCUT2D eigenvalue weighted by Crippen LogP contribution is 2.35. The molecule has 1 atom stereocenters. The van der Waals surface area contributed by atoms with Crippen molar-refractivity contribution < 1.29 is 33.0 Å². The van der Waals surface area contributed by atoms with Crippen LogP contribution in [-0.2, 0) is 9.59 Å². The molecule has 76 valence electrons. The van der Waals surface area contributed by atoms with E-state index in [0.29, 0.717) is 0 Å². The summed E-state index contributed by atoms with van der Waals surface area (Å²) in [5.74, 6) is -1.82. The lowest BCUT2D eigenvalue weighted by Crippen LogP contribution is -2.47. The molecule has 0 fully saturated rings. The van der Waals surface area contributed by atoms with Gasteiger partial charge in [-0.05, 0) is 0 Å². The SMILES string of the molecule is O=CCC(O)(CC(=O)O)C(F)(F)F. The second-order valence-corrected chi connectivity index (χ2v) is 2.47. The van der Waals surface area contributed by atoms with Gasteiger partial charge in [-0.1, -0.05) is 0 Å². The lowest BCUT2D eigenvalue weighted by molar-refractivity contribution is -0.261. The molecule has 13 heavy (non-hydrogen) atoms. The summed E-state index contributed by atoms with van der Waals surface area (Å²) < 4.78 is 35.9. The number of carboxylic acids is 1. The molecular formula is C6H7F3O4. The number of alkyl halides is 3. The Morgan fingerprint density at radius 2 is 1.85 bits per heavy atom. The van der Waals surface area contributed by atoms with Gasteiger partial charge in [0.25, 0.3) is 0 Å². The van der Waals surface area contributed by atoms with Gasteiger partial charge >= 0.3 is 12.1 Å². The van der Waals surface area contributed by atoms with Crippen LogP contribution in [0.2, 0.25) is 0 Å². The summed E-state index contributed by atoms with van der Waals surface area (Å²) in [5, 5.41) is 16.8. The molecule has 0 spiro atoms. The molecule has 0 aromatic rings. The maximum atomic E-state index is 12.0. The number of halogens is 3. The minimum atomic E-state index is -5.12. The number of rotatable bonds is 4. The molecule has 0 aliphatic carbocycles. The zero-order valence-electron chi connectivity index (χ0n) is 6.34. The van der Waals surface area contributed by atoms with Gasteiger partial charge in [0.05, 0.1) is 6.42 Å². The molecule has 0 aliphatic heterocycles. The first-order chi connectivity index (χ1) is 5.73. The molecule has 0 aliphatic rings. The Kier molecular flexibility index (Phi) is 3.42. The van der Waals surface area contributed by atoms with E-state index in [9.17, 15) is 22.8 Å². The number of hydrogen-bond acceptors (Lipinski definition) is 3. The number of aliphatic carboxylic acids is 1. The van der Waals surface area contributed by atoms with Crippen LogP contribution in [0.3, 0.4) is 0 Å². The van der Waals surface area contributed by atoms with Crippen LogP contribution in [-0.4, -0.2) is 34.2 Å². The van der Waals surface area contributed by atoms with Crippen molar-refractivity contribution in [1.82, 2.24) is 0 Å². The third-order valence-corrected chi connectivity index (χ3v) is 1.39. The normalized spacial score (nSPS) is 16.3. The van der Waals surface area contributed by atoms with E-state index in [2.05, 4.69) is 0 Å². The van der Waals surface area contributed by atoms with E-state index in [1.807, 2.05) is 0 Å². The van der Waals surface area contributed by atoms with E-state index in [4.69, 9.17) is 10.2 Å². The Hall–Kier alpha value is -1.11. The summed E-state index contributed by atoms with van der Waals surface area (Å²) in [6, 6.07) is 0. The summed E-state index contributed by atoms with van der Waals surface area (Å²) in [6.45, 7) is 0. The van der Waals surface area contributed by atoms with Crippen molar-refractivity contribution in [3.8, 4) is 0 Å². The van der Waals surface area contributed by atoms with Gasteiger partial charge in [0, 0.05) is 6.42 Å². The molecule has 1 unspecified atom stereocenters. The van der Waals surface area contributed by atoms with E-state index >= 15 is 0 Å². The standard InChI is InChI=1S/C6H7F3O4/c7-6(8,9)5(13,1-2-10)3-4(11)12/h2,13H,1,3H2,(H,11,12). The Balaban J connectivity index is 4.72. The van der Waals surface area contributed by atoms with Gasteiger partial charge in [0.2, 0.25) is 0 Å². The van der Waals surface area contributed by atoms with Crippen molar-refractivity contribution in [3.05, 3.63) is 0 Å². The minimum Gasteiger partial charge on any atom is -0.481 e. The van der Waals surface area contributed by atoms with Crippen LogP contribution in [0.5, 0.6) is 0 Å². The molecule has 0 aromatic carbocycles. The van der Waals surface area contributed by atoms with E-state index in [0.717, 1.165) is 0 Å². The van der Waals surface area contributed by atoms with Gasteiger partial charge in [-0.25, -0.2) is 0 Å². The van der Waals surface area contributed by atoms with Gasteiger partial charge in [0.15, 0.2) is 5.60 Å². The highest BCUT2D eigenvalue weighted by molar-refractivity contribution is 5.69. The predicted octanol–water partition coefficient (Wildman–Crippen LogP) is 0.344. The van der Waals surface area contributed by atoms with Crippen molar-refractivity contribution in [3.63, 3.8) is 0 Å². The number of carbonyl (C=O) groups excluding carboxylic acids is 1. The highest BCUT2D eigenvalue weighted by atomic mass is 19.4.